The first kappa shape index (κ1) is 18.9. The molecule has 0 saturated carbocycles. The molecule has 3 rings (SSSR count). The van der Waals surface area contributed by atoms with Crippen LogP contribution in [0.5, 0.6) is 5.75 Å². The Balaban J connectivity index is 1.82. The summed E-state index contributed by atoms with van der Waals surface area (Å²) in [4.78, 5) is 2.21. The number of methoxy groups -OCH3 is 1. The van der Waals surface area contributed by atoms with Gasteiger partial charge in [-0.25, -0.2) is 0 Å². The minimum atomic E-state index is 0.143. The average molecular weight is 377 g/mol. The zero-order valence-corrected chi connectivity index (χ0v) is 16.4. The van der Waals surface area contributed by atoms with E-state index < -0.39 is 0 Å². The minimum Gasteiger partial charge on any atom is -0.497 e. The molecule has 1 unspecified atom stereocenters. The van der Waals surface area contributed by atoms with E-state index in [1.54, 1.807) is 7.11 Å². The first-order valence-electron chi connectivity index (χ1n) is 8.98. The zero-order chi connectivity index (χ0) is 19.1. The van der Waals surface area contributed by atoms with Gasteiger partial charge in [0.05, 0.1) is 13.2 Å². The Hall–Kier alpha value is -2.85. The van der Waals surface area contributed by atoms with E-state index in [1.165, 1.54) is 11.1 Å². The lowest BCUT2D eigenvalue weighted by Crippen LogP contribution is -2.36. The molecule has 0 spiro atoms. The lowest BCUT2D eigenvalue weighted by Gasteiger charge is -2.32. The number of hydrogen-bond acceptors (Lipinski definition) is 2. The SMILES string of the molecule is COc1ccc(NC(=S)N(Cc2ccccc2)C(C)c2ccccc2)cc1. The van der Waals surface area contributed by atoms with Crippen LogP contribution in [0.15, 0.2) is 84.9 Å². The molecular formula is C23H24N2OS. The number of hydrogen-bond donors (Lipinski definition) is 1. The van der Waals surface area contributed by atoms with E-state index in [-0.39, 0.29) is 6.04 Å². The Labute approximate surface area is 166 Å². The molecule has 3 aromatic rings. The smallest absolute Gasteiger partial charge is 0.174 e. The summed E-state index contributed by atoms with van der Waals surface area (Å²) in [7, 11) is 1.66. The van der Waals surface area contributed by atoms with Crippen LogP contribution in [0.1, 0.15) is 24.1 Å². The third-order valence-corrected chi connectivity index (χ3v) is 4.88. The predicted molar refractivity (Wildman–Crippen MR) is 116 cm³/mol. The van der Waals surface area contributed by atoms with Crippen LogP contribution in [0.4, 0.5) is 5.69 Å². The first-order chi connectivity index (χ1) is 13.2. The van der Waals surface area contributed by atoms with Crippen LogP contribution in [0, 0.1) is 0 Å². The van der Waals surface area contributed by atoms with Crippen molar-refractivity contribution in [2.24, 2.45) is 0 Å². The van der Waals surface area contributed by atoms with Crippen LogP contribution in [-0.4, -0.2) is 17.1 Å². The minimum absolute atomic E-state index is 0.143. The van der Waals surface area contributed by atoms with Crippen LogP contribution in [-0.2, 0) is 6.54 Å². The van der Waals surface area contributed by atoms with Crippen LogP contribution in [0.2, 0.25) is 0 Å². The molecule has 0 saturated heterocycles. The van der Waals surface area contributed by atoms with Crippen molar-refractivity contribution in [3.8, 4) is 5.75 Å². The highest BCUT2D eigenvalue weighted by Gasteiger charge is 2.19. The van der Waals surface area contributed by atoms with Crippen LogP contribution < -0.4 is 10.1 Å². The molecule has 0 bridgehead atoms. The Bertz CT molecular complexity index is 851. The Morgan fingerprint density at radius 2 is 1.52 bits per heavy atom. The molecule has 0 aliphatic rings. The molecule has 3 nitrogen and oxygen atoms in total. The van der Waals surface area contributed by atoms with Gasteiger partial charge in [-0.3, -0.25) is 0 Å². The summed E-state index contributed by atoms with van der Waals surface area (Å²) in [6.07, 6.45) is 0. The van der Waals surface area contributed by atoms with Crippen molar-refractivity contribution in [2.75, 3.05) is 12.4 Å². The third kappa shape index (κ3) is 5.08. The van der Waals surface area contributed by atoms with Crippen molar-refractivity contribution in [1.29, 1.82) is 0 Å². The number of rotatable bonds is 6. The summed E-state index contributed by atoms with van der Waals surface area (Å²) in [5.74, 6) is 0.824. The molecule has 3 aromatic carbocycles. The van der Waals surface area contributed by atoms with E-state index in [4.69, 9.17) is 17.0 Å². The topological polar surface area (TPSA) is 24.5 Å². The summed E-state index contributed by atoms with van der Waals surface area (Å²) >= 11 is 5.78. The fraction of sp³-hybridized carbons (Fsp3) is 0.174. The zero-order valence-electron chi connectivity index (χ0n) is 15.6. The maximum Gasteiger partial charge on any atom is 0.174 e. The van der Waals surface area contributed by atoms with E-state index in [0.717, 1.165) is 18.0 Å². The highest BCUT2D eigenvalue weighted by Crippen LogP contribution is 2.24. The average Bonchev–Trinajstić information content (AvgIpc) is 2.73. The maximum atomic E-state index is 5.78. The Morgan fingerprint density at radius 3 is 2.11 bits per heavy atom. The predicted octanol–water partition coefficient (Wildman–Crippen LogP) is 5.66. The highest BCUT2D eigenvalue weighted by atomic mass is 32.1. The first-order valence-corrected chi connectivity index (χ1v) is 9.39. The maximum absolute atomic E-state index is 5.78. The molecular weight excluding hydrogens is 352 g/mol. The Morgan fingerprint density at radius 1 is 0.926 bits per heavy atom. The second-order valence-electron chi connectivity index (χ2n) is 6.36. The normalized spacial score (nSPS) is 11.5. The fourth-order valence-corrected chi connectivity index (χ4v) is 3.29. The Kier molecular flexibility index (Phi) is 6.44. The van der Waals surface area contributed by atoms with Gasteiger partial charge < -0.3 is 15.0 Å². The van der Waals surface area contributed by atoms with Crippen molar-refractivity contribution in [2.45, 2.75) is 19.5 Å². The lowest BCUT2D eigenvalue weighted by molar-refractivity contribution is 0.334. The van der Waals surface area contributed by atoms with Gasteiger partial charge in [0.2, 0.25) is 0 Å². The second-order valence-corrected chi connectivity index (χ2v) is 6.75. The number of ether oxygens (including phenoxy) is 1. The lowest BCUT2D eigenvalue weighted by atomic mass is 10.1. The summed E-state index contributed by atoms with van der Waals surface area (Å²) in [6, 6.07) is 28.8. The van der Waals surface area contributed by atoms with E-state index >= 15 is 0 Å². The summed E-state index contributed by atoms with van der Waals surface area (Å²) in [6.45, 7) is 2.92. The van der Waals surface area contributed by atoms with Gasteiger partial charge in [0.1, 0.15) is 5.75 Å². The quantitative estimate of drug-likeness (QED) is 0.561. The van der Waals surface area contributed by atoms with Crippen LogP contribution in [0.25, 0.3) is 0 Å². The molecule has 0 amide bonds. The van der Waals surface area contributed by atoms with Gasteiger partial charge in [0, 0.05) is 12.2 Å². The second kappa shape index (κ2) is 9.19. The van der Waals surface area contributed by atoms with Crippen molar-refractivity contribution in [3.05, 3.63) is 96.1 Å². The number of thiocarbonyl (C=S) groups is 1. The molecule has 0 fully saturated rings. The van der Waals surface area contributed by atoms with Gasteiger partial charge >= 0.3 is 0 Å². The number of nitrogens with zero attached hydrogens (tertiary/aromatic N) is 1. The summed E-state index contributed by atoms with van der Waals surface area (Å²) in [5, 5.41) is 4.06. The van der Waals surface area contributed by atoms with Crippen LogP contribution in [0.3, 0.4) is 0 Å². The van der Waals surface area contributed by atoms with Gasteiger partial charge in [-0.15, -0.1) is 0 Å². The largest absolute Gasteiger partial charge is 0.497 e. The summed E-state index contributed by atoms with van der Waals surface area (Å²) in [5.41, 5.74) is 3.39. The molecule has 138 valence electrons. The standard InChI is InChI=1S/C23H24N2OS/c1-18(20-11-7-4-8-12-20)25(17-19-9-5-3-6-10-19)23(27)24-21-13-15-22(26-2)16-14-21/h3-16,18H,17H2,1-2H3,(H,24,27). The highest BCUT2D eigenvalue weighted by molar-refractivity contribution is 7.80. The molecule has 1 N–H and O–H groups in total. The molecule has 0 aliphatic heterocycles. The van der Waals surface area contributed by atoms with E-state index in [1.807, 2.05) is 36.4 Å². The van der Waals surface area contributed by atoms with Gasteiger partial charge in [0.15, 0.2) is 5.11 Å². The summed E-state index contributed by atoms with van der Waals surface area (Å²) < 4.78 is 5.23. The molecule has 27 heavy (non-hydrogen) atoms. The van der Waals surface area contributed by atoms with Crippen molar-refractivity contribution in [1.82, 2.24) is 4.90 Å². The van der Waals surface area contributed by atoms with Crippen molar-refractivity contribution < 1.29 is 4.74 Å². The van der Waals surface area contributed by atoms with Crippen LogP contribution >= 0.6 is 12.2 Å². The van der Waals surface area contributed by atoms with Gasteiger partial charge in [-0.2, -0.15) is 0 Å². The van der Waals surface area contributed by atoms with E-state index in [2.05, 4.69) is 65.7 Å². The molecule has 0 aromatic heterocycles. The van der Waals surface area contributed by atoms with Gasteiger partial charge in [-0.05, 0) is 54.5 Å². The van der Waals surface area contributed by atoms with E-state index in [9.17, 15) is 0 Å². The molecule has 0 heterocycles. The molecule has 0 radical (unpaired) electrons. The number of nitrogens with one attached hydrogen (secondary N) is 1. The fourth-order valence-electron chi connectivity index (χ4n) is 2.95. The molecule has 4 heteroatoms. The number of anilines is 1. The molecule has 1 atom stereocenters. The number of benzene rings is 3. The van der Waals surface area contributed by atoms with Gasteiger partial charge in [-0.1, -0.05) is 60.7 Å². The van der Waals surface area contributed by atoms with Crippen molar-refractivity contribution in [3.63, 3.8) is 0 Å². The third-order valence-electron chi connectivity index (χ3n) is 4.55. The van der Waals surface area contributed by atoms with Crippen molar-refractivity contribution >= 4 is 23.0 Å². The molecule has 0 aliphatic carbocycles. The monoisotopic (exact) mass is 376 g/mol. The van der Waals surface area contributed by atoms with Gasteiger partial charge in [0.25, 0.3) is 0 Å². The van der Waals surface area contributed by atoms with E-state index in [0.29, 0.717) is 5.11 Å².